The Morgan fingerprint density at radius 3 is 2.48 bits per heavy atom. The van der Waals surface area contributed by atoms with Gasteiger partial charge in [-0.1, -0.05) is 51.3 Å². The smallest absolute Gasteiger partial charge is 0.162 e. The minimum atomic E-state index is 0.0827. The SMILES string of the molecule is Clc1cccc(CC(Br)c2cc3c(cc2Cl)OCCO3)c1. The summed E-state index contributed by atoms with van der Waals surface area (Å²) in [7, 11) is 0. The standard InChI is InChI=1S/C16H13BrCl2O2/c17-13(7-10-2-1-3-11(18)6-10)12-8-15-16(9-14(12)19)21-5-4-20-15/h1-3,6,8-9,13H,4-5,7H2. The van der Waals surface area contributed by atoms with E-state index in [0.717, 1.165) is 28.3 Å². The van der Waals surface area contributed by atoms with Crippen LogP contribution in [0.5, 0.6) is 11.5 Å². The highest BCUT2D eigenvalue weighted by molar-refractivity contribution is 9.09. The Kier molecular flexibility index (Phi) is 4.63. The van der Waals surface area contributed by atoms with Crippen LogP contribution >= 0.6 is 39.1 Å². The lowest BCUT2D eigenvalue weighted by atomic mass is 10.0. The number of fused-ring (bicyclic) bond motifs is 1. The van der Waals surface area contributed by atoms with Gasteiger partial charge in [-0.2, -0.15) is 0 Å². The van der Waals surface area contributed by atoms with Crippen LogP contribution in [0.4, 0.5) is 0 Å². The molecule has 2 aromatic carbocycles. The van der Waals surface area contributed by atoms with E-state index in [-0.39, 0.29) is 4.83 Å². The molecule has 0 radical (unpaired) electrons. The van der Waals surface area contributed by atoms with Gasteiger partial charge in [-0.15, -0.1) is 0 Å². The summed E-state index contributed by atoms with van der Waals surface area (Å²) in [5.41, 5.74) is 2.14. The maximum Gasteiger partial charge on any atom is 0.162 e. The predicted molar refractivity (Wildman–Crippen MR) is 89.3 cm³/mol. The number of ether oxygens (including phenoxy) is 2. The highest BCUT2D eigenvalue weighted by Gasteiger charge is 2.19. The number of benzene rings is 2. The van der Waals surface area contributed by atoms with Crippen molar-refractivity contribution < 1.29 is 9.47 Å². The van der Waals surface area contributed by atoms with Gasteiger partial charge in [0.05, 0.1) is 0 Å². The molecule has 21 heavy (non-hydrogen) atoms. The first-order valence-electron chi connectivity index (χ1n) is 6.61. The molecule has 0 amide bonds. The van der Waals surface area contributed by atoms with Gasteiger partial charge in [-0.3, -0.25) is 0 Å². The maximum atomic E-state index is 6.36. The monoisotopic (exact) mass is 386 g/mol. The van der Waals surface area contributed by atoms with Crippen LogP contribution in [-0.2, 0) is 6.42 Å². The van der Waals surface area contributed by atoms with Crippen LogP contribution in [0.15, 0.2) is 36.4 Å². The van der Waals surface area contributed by atoms with Crippen molar-refractivity contribution in [2.45, 2.75) is 11.2 Å². The third kappa shape index (κ3) is 3.47. The first kappa shape index (κ1) is 15.0. The molecular weight excluding hydrogens is 375 g/mol. The molecule has 1 unspecified atom stereocenters. The van der Waals surface area contributed by atoms with Gasteiger partial charge in [-0.25, -0.2) is 0 Å². The van der Waals surface area contributed by atoms with E-state index in [1.54, 1.807) is 0 Å². The molecule has 0 aliphatic carbocycles. The van der Waals surface area contributed by atoms with Crippen LogP contribution in [0.1, 0.15) is 16.0 Å². The fraction of sp³-hybridized carbons (Fsp3) is 0.250. The summed E-state index contributed by atoms with van der Waals surface area (Å²) >= 11 is 16.1. The predicted octanol–water partition coefficient (Wildman–Crippen LogP) is 5.44. The number of hydrogen-bond acceptors (Lipinski definition) is 2. The Morgan fingerprint density at radius 2 is 1.76 bits per heavy atom. The highest BCUT2D eigenvalue weighted by Crippen LogP contribution is 2.41. The van der Waals surface area contributed by atoms with E-state index in [1.807, 2.05) is 36.4 Å². The molecule has 1 atom stereocenters. The third-order valence-corrected chi connectivity index (χ3v) is 4.68. The van der Waals surface area contributed by atoms with E-state index in [4.69, 9.17) is 32.7 Å². The number of alkyl halides is 1. The molecule has 2 nitrogen and oxygen atoms in total. The summed E-state index contributed by atoms with van der Waals surface area (Å²) in [5, 5.41) is 1.41. The van der Waals surface area contributed by atoms with Crippen molar-refractivity contribution >= 4 is 39.1 Å². The summed E-state index contributed by atoms with van der Waals surface area (Å²) < 4.78 is 11.1. The molecule has 0 aromatic heterocycles. The zero-order chi connectivity index (χ0) is 14.8. The quantitative estimate of drug-likeness (QED) is 0.652. The van der Waals surface area contributed by atoms with Crippen molar-refractivity contribution in [3.63, 3.8) is 0 Å². The van der Waals surface area contributed by atoms with E-state index < -0.39 is 0 Å². The molecule has 1 aliphatic rings. The van der Waals surface area contributed by atoms with Gasteiger partial charge in [-0.05, 0) is 35.7 Å². The number of rotatable bonds is 3. The molecule has 3 rings (SSSR count). The van der Waals surface area contributed by atoms with Gasteiger partial charge in [0, 0.05) is 20.9 Å². The molecule has 5 heteroatoms. The van der Waals surface area contributed by atoms with Crippen LogP contribution in [-0.4, -0.2) is 13.2 Å². The molecule has 2 aromatic rings. The first-order valence-corrected chi connectivity index (χ1v) is 8.28. The van der Waals surface area contributed by atoms with E-state index in [0.29, 0.717) is 24.0 Å². The number of hydrogen-bond donors (Lipinski definition) is 0. The Balaban J connectivity index is 1.85. The van der Waals surface area contributed by atoms with Gasteiger partial charge < -0.3 is 9.47 Å². The Bertz CT molecular complexity index is 661. The molecule has 1 aliphatic heterocycles. The lowest BCUT2D eigenvalue weighted by Crippen LogP contribution is -2.15. The molecule has 1 heterocycles. The van der Waals surface area contributed by atoms with Crippen LogP contribution in [0.3, 0.4) is 0 Å². The van der Waals surface area contributed by atoms with Crippen LogP contribution in [0.25, 0.3) is 0 Å². The van der Waals surface area contributed by atoms with Gasteiger partial charge >= 0.3 is 0 Å². The van der Waals surface area contributed by atoms with Crippen molar-refractivity contribution in [2.75, 3.05) is 13.2 Å². The average molecular weight is 388 g/mol. The van der Waals surface area contributed by atoms with Crippen molar-refractivity contribution in [2.24, 2.45) is 0 Å². The topological polar surface area (TPSA) is 18.5 Å². The van der Waals surface area contributed by atoms with Crippen LogP contribution in [0.2, 0.25) is 10.0 Å². The lowest BCUT2D eigenvalue weighted by Gasteiger charge is -2.21. The second kappa shape index (κ2) is 6.47. The fourth-order valence-electron chi connectivity index (χ4n) is 2.30. The molecule has 0 fully saturated rings. The molecule has 0 spiro atoms. The zero-order valence-electron chi connectivity index (χ0n) is 11.1. The average Bonchev–Trinajstić information content (AvgIpc) is 2.46. The summed E-state index contributed by atoms with van der Waals surface area (Å²) in [6.07, 6.45) is 0.792. The summed E-state index contributed by atoms with van der Waals surface area (Å²) in [6, 6.07) is 11.6. The number of halogens is 3. The minimum Gasteiger partial charge on any atom is -0.486 e. The Morgan fingerprint density at radius 1 is 1.05 bits per heavy atom. The van der Waals surface area contributed by atoms with E-state index >= 15 is 0 Å². The molecule has 0 bridgehead atoms. The largest absolute Gasteiger partial charge is 0.486 e. The fourth-order valence-corrected chi connectivity index (χ4v) is 3.68. The second-order valence-electron chi connectivity index (χ2n) is 4.82. The Hall–Kier alpha value is -0.900. The maximum absolute atomic E-state index is 6.36. The summed E-state index contributed by atoms with van der Waals surface area (Å²) in [5.74, 6) is 1.45. The lowest BCUT2D eigenvalue weighted by molar-refractivity contribution is 0.171. The first-order chi connectivity index (χ1) is 10.1. The Labute approximate surface area is 142 Å². The van der Waals surface area contributed by atoms with Crippen molar-refractivity contribution in [3.8, 4) is 11.5 Å². The molecular formula is C16H13BrCl2O2. The third-order valence-electron chi connectivity index (χ3n) is 3.30. The summed E-state index contributed by atoms with van der Waals surface area (Å²) in [6.45, 7) is 1.12. The van der Waals surface area contributed by atoms with Gasteiger partial charge in [0.1, 0.15) is 13.2 Å². The minimum absolute atomic E-state index is 0.0827. The van der Waals surface area contributed by atoms with Crippen LogP contribution < -0.4 is 9.47 Å². The van der Waals surface area contributed by atoms with Crippen molar-refractivity contribution in [1.29, 1.82) is 0 Å². The van der Waals surface area contributed by atoms with Crippen LogP contribution in [0, 0.1) is 0 Å². The summed E-state index contributed by atoms with van der Waals surface area (Å²) in [4.78, 5) is 0.0827. The second-order valence-corrected chi connectivity index (χ2v) is 6.77. The normalized spacial score (nSPS) is 14.8. The molecule has 0 N–H and O–H groups in total. The van der Waals surface area contributed by atoms with Crippen molar-refractivity contribution in [1.82, 2.24) is 0 Å². The van der Waals surface area contributed by atoms with Gasteiger partial charge in [0.25, 0.3) is 0 Å². The van der Waals surface area contributed by atoms with Crippen molar-refractivity contribution in [3.05, 3.63) is 57.6 Å². The highest BCUT2D eigenvalue weighted by atomic mass is 79.9. The van der Waals surface area contributed by atoms with Gasteiger partial charge in [0.15, 0.2) is 11.5 Å². The van der Waals surface area contributed by atoms with E-state index in [2.05, 4.69) is 15.9 Å². The molecule has 0 saturated carbocycles. The zero-order valence-corrected chi connectivity index (χ0v) is 14.2. The van der Waals surface area contributed by atoms with E-state index in [9.17, 15) is 0 Å². The van der Waals surface area contributed by atoms with Gasteiger partial charge in [0.2, 0.25) is 0 Å². The molecule has 0 saturated heterocycles. The van der Waals surface area contributed by atoms with E-state index in [1.165, 1.54) is 0 Å². The molecule has 110 valence electrons.